The van der Waals surface area contributed by atoms with E-state index in [2.05, 4.69) is 15.3 Å². The normalized spacial score (nSPS) is 10.1. The zero-order valence-corrected chi connectivity index (χ0v) is 12.7. The summed E-state index contributed by atoms with van der Waals surface area (Å²) in [4.78, 5) is 32.7. The van der Waals surface area contributed by atoms with Crippen LogP contribution < -0.4 is 10.2 Å². The van der Waals surface area contributed by atoms with Crippen molar-refractivity contribution in [3.05, 3.63) is 48.3 Å². The van der Waals surface area contributed by atoms with Crippen LogP contribution in [0.3, 0.4) is 0 Å². The predicted octanol–water partition coefficient (Wildman–Crippen LogP) is 1.37. The zero-order valence-electron chi connectivity index (χ0n) is 12.7. The first kappa shape index (κ1) is 17.3. The minimum absolute atomic E-state index is 0.0600. The van der Waals surface area contributed by atoms with Gasteiger partial charge in [0.25, 0.3) is 5.91 Å². The van der Waals surface area contributed by atoms with Crippen molar-refractivity contribution in [3.8, 4) is 0 Å². The van der Waals surface area contributed by atoms with Gasteiger partial charge in [0.1, 0.15) is 6.54 Å². The summed E-state index contributed by atoms with van der Waals surface area (Å²) in [7, 11) is 1.60. The first-order valence-electron chi connectivity index (χ1n) is 6.84. The van der Waals surface area contributed by atoms with Crippen LogP contribution in [0.5, 0.6) is 0 Å². The van der Waals surface area contributed by atoms with Crippen molar-refractivity contribution < 1.29 is 23.1 Å². The molecule has 1 N–H and O–H groups in total. The van der Waals surface area contributed by atoms with Crippen LogP contribution in [0.25, 0.3) is 0 Å². The summed E-state index contributed by atoms with van der Waals surface area (Å²) >= 11 is 0. The highest BCUT2D eigenvalue weighted by Gasteiger charge is 2.13. The van der Waals surface area contributed by atoms with Gasteiger partial charge in [0, 0.05) is 31.2 Å². The minimum Gasteiger partial charge on any atom is -0.454 e. The van der Waals surface area contributed by atoms with Crippen molar-refractivity contribution in [2.45, 2.75) is 0 Å². The van der Waals surface area contributed by atoms with Gasteiger partial charge in [-0.25, -0.2) is 18.7 Å². The van der Waals surface area contributed by atoms with Gasteiger partial charge in [-0.15, -0.1) is 0 Å². The number of hydrogen-bond acceptors (Lipinski definition) is 6. The number of anilines is 2. The molecule has 0 unspecified atom stereocenters. The van der Waals surface area contributed by atoms with Crippen molar-refractivity contribution in [1.82, 2.24) is 9.97 Å². The molecule has 0 radical (unpaired) electrons. The molecular weight excluding hydrogens is 322 g/mol. The first-order chi connectivity index (χ1) is 11.5. The van der Waals surface area contributed by atoms with Crippen LogP contribution >= 0.6 is 0 Å². The van der Waals surface area contributed by atoms with Crippen LogP contribution in [-0.2, 0) is 14.3 Å². The lowest BCUT2D eigenvalue weighted by molar-refractivity contribution is -0.145. The van der Waals surface area contributed by atoms with Crippen LogP contribution in [0, 0.1) is 11.6 Å². The molecule has 7 nitrogen and oxygen atoms in total. The largest absolute Gasteiger partial charge is 0.454 e. The second-order valence-electron chi connectivity index (χ2n) is 4.74. The standard InChI is InChI=1S/C15H14F2N4O3/c1-21(15-18-5-2-6-19-15)8-14(23)24-9-13(22)20-10-3-4-11(16)12(17)7-10/h2-7H,8-9H2,1H3,(H,20,22). The first-order valence-corrected chi connectivity index (χ1v) is 6.84. The van der Waals surface area contributed by atoms with Gasteiger partial charge in [0.2, 0.25) is 5.95 Å². The second-order valence-corrected chi connectivity index (χ2v) is 4.74. The maximum absolute atomic E-state index is 13.0. The lowest BCUT2D eigenvalue weighted by Crippen LogP contribution is -2.30. The lowest BCUT2D eigenvalue weighted by Gasteiger charge is -2.15. The van der Waals surface area contributed by atoms with E-state index in [4.69, 9.17) is 4.74 Å². The summed E-state index contributed by atoms with van der Waals surface area (Å²) in [5, 5.41) is 2.29. The van der Waals surface area contributed by atoms with Gasteiger partial charge >= 0.3 is 5.97 Å². The molecule has 126 valence electrons. The Morgan fingerprint density at radius 2 is 1.92 bits per heavy atom. The number of ether oxygens (including phenoxy) is 1. The van der Waals surface area contributed by atoms with Crippen molar-refractivity contribution in [2.24, 2.45) is 0 Å². The molecule has 9 heteroatoms. The fourth-order valence-corrected chi connectivity index (χ4v) is 1.72. The number of amides is 1. The molecule has 2 rings (SSSR count). The third-order valence-corrected chi connectivity index (χ3v) is 2.83. The molecule has 0 spiro atoms. The second kappa shape index (κ2) is 7.95. The van der Waals surface area contributed by atoms with Gasteiger partial charge in [-0.05, 0) is 18.2 Å². The highest BCUT2D eigenvalue weighted by molar-refractivity contribution is 5.93. The van der Waals surface area contributed by atoms with Gasteiger partial charge in [-0.3, -0.25) is 9.59 Å². The Hall–Kier alpha value is -3.10. The monoisotopic (exact) mass is 336 g/mol. The van der Waals surface area contributed by atoms with Gasteiger partial charge < -0.3 is 15.0 Å². The Kier molecular flexibility index (Phi) is 5.72. The number of aromatic nitrogens is 2. The molecule has 1 heterocycles. The van der Waals surface area contributed by atoms with Crippen LogP contribution in [0.15, 0.2) is 36.7 Å². The Bertz CT molecular complexity index is 728. The molecular formula is C15H14F2N4O3. The molecule has 0 atom stereocenters. The number of benzene rings is 1. The van der Waals surface area contributed by atoms with Crippen molar-refractivity contribution in [1.29, 1.82) is 0 Å². The van der Waals surface area contributed by atoms with Crippen molar-refractivity contribution in [3.63, 3.8) is 0 Å². The number of carbonyl (C=O) groups excluding carboxylic acids is 2. The number of rotatable bonds is 6. The van der Waals surface area contributed by atoms with E-state index < -0.39 is 30.1 Å². The average molecular weight is 336 g/mol. The van der Waals surface area contributed by atoms with Gasteiger partial charge in [-0.2, -0.15) is 0 Å². The predicted molar refractivity (Wildman–Crippen MR) is 81.2 cm³/mol. The number of nitrogens with one attached hydrogen (secondary N) is 1. The Balaban J connectivity index is 1.78. The SMILES string of the molecule is CN(CC(=O)OCC(=O)Nc1ccc(F)c(F)c1)c1ncccn1. The van der Waals surface area contributed by atoms with E-state index in [1.807, 2.05) is 0 Å². The number of carbonyl (C=O) groups is 2. The van der Waals surface area contributed by atoms with Gasteiger partial charge in [0.15, 0.2) is 18.2 Å². The highest BCUT2D eigenvalue weighted by Crippen LogP contribution is 2.12. The molecule has 1 aromatic heterocycles. The Morgan fingerprint density at radius 1 is 1.21 bits per heavy atom. The smallest absolute Gasteiger partial charge is 0.326 e. The topological polar surface area (TPSA) is 84.4 Å². The Morgan fingerprint density at radius 3 is 2.58 bits per heavy atom. The molecule has 24 heavy (non-hydrogen) atoms. The summed E-state index contributed by atoms with van der Waals surface area (Å²) in [5.41, 5.74) is 0.0600. The van der Waals surface area contributed by atoms with E-state index in [0.29, 0.717) is 5.95 Å². The fraction of sp³-hybridized carbons (Fsp3) is 0.200. The molecule has 1 aromatic carbocycles. The van der Waals surface area contributed by atoms with Crippen LogP contribution in [0.2, 0.25) is 0 Å². The van der Waals surface area contributed by atoms with Crippen molar-refractivity contribution in [2.75, 3.05) is 30.4 Å². The van der Waals surface area contributed by atoms with E-state index in [1.54, 1.807) is 13.1 Å². The van der Waals surface area contributed by atoms with E-state index >= 15 is 0 Å². The number of hydrogen-bond donors (Lipinski definition) is 1. The molecule has 0 fully saturated rings. The molecule has 0 aliphatic heterocycles. The fourth-order valence-electron chi connectivity index (χ4n) is 1.72. The minimum atomic E-state index is -1.09. The lowest BCUT2D eigenvalue weighted by atomic mass is 10.3. The summed E-state index contributed by atoms with van der Waals surface area (Å²) in [6, 6.07) is 4.54. The van der Waals surface area contributed by atoms with Gasteiger partial charge in [0.05, 0.1) is 0 Å². The number of halogens is 2. The third-order valence-electron chi connectivity index (χ3n) is 2.83. The highest BCUT2D eigenvalue weighted by atomic mass is 19.2. The molecule has 0 saturated carbocycles. The number of esters is 1. The summed E-state index contributed by atoms with van der Waals surface area (Å²) < 4.78 is 30.6. The molecule has 1 amide bonds. The quantitative estimate of drug-likeness (QED) is 0.802. The van der Waals surface area contributed by atoms with Crippen LogP contribution in [0.1, 0.15) is 0 Å². The number of likely N-dealkylation sites (N-methyl/N-ethyl adjacent to an activating group) is 1. The van der Waals surface area contributed by atoms with Crippen molar-refractivity contribution >= 4 is 23.5 Å². The maximum Gasteiger partial charge on any atom is 0.326 e. The summed E-state index contributed by atoms with van der Waals surface area (Å²) in [6.07, 6.45) is 3.05. The van der Waals surface area contributed by atoms with Crippen LogP contribution in [-0.4, -0.2) is 42.0 Å². The van der Waals surface area contributed by atoms with E-state index in [-0.39, 0.29) is 12.2 Å². The molecule has 2 aromatic rings. The van der Waals surface area contributed by atoms with E-state index in [1.165, 1.54) is 23.4 Å². The number of nitrogens with zero attached hydrogens (tertiary/aromatic N) is 3. The summed E-state index contributed by atoms with van der Waals surface area (Å²) in [6.45, 7) is -0.705. The van der Waals surface area contributed by atoms with E-state index in [9.17, 15) is 18.4 Å². The van der Waals surface area contributed by atoms with E-state index in [0.717, 1.165) is 12.1 Å². The van der Waals surface area contributed by atoms with Gasteiger partial charge in [-0.1, -0.05) is 0 Å². The Labute approximate surface area is 136 Å². The summed E-state index contributed by atoms with van der Waals surface area (Å²) in [5.74, 6) is -3.11. The molecule has 0 saturated heterocycles. The average Bonchev–Trinajstić information content (AvgIpc) is 2.57. The maximum atomic E-state index is 13.0. The zero-order chi connectivity index (χ0) is 17.5. The van der Waals surface area contributed by atoms with Crippen LogP contribution in [0.4, 0.5) is 20.4 Å². The molecule has 0 bridgehead atoms. The molecule has 0 aliphatic rings. The molecule has 0 aliphatic carbocycles. The third kappa shape index (κ3) is 4.97.